The molecule has 3 unspecified atom stereocenters. The summed E-state index contributed by atoms with van der Waals surface area (Å²) in [5, 5.41) is 56.2. The van der Waals surface area contributed by atoms with Gasteiger partial charge in [0.25, 0.3) is 0 Å². The van der Waals surface area contributed by atoms with Crippen molar-refractivity contribution in [2.45, 2.75) is 96.5 Å². The van der Waals surface area contributed by atoms with Gasteiger partial charge >= 0.3 is 11.9 Å². The van der Waals surface area contributed by atoms with E-state index in [0.29, 0.717) is 142 Å². The molecule has 15 aromatic rings. The van der Waals surface area contributed by atoms with E-state index < -0.39 is 24.1 Å². The fourth-order valence-corrected chi connectivity index (χ4v) is 18.8. The standard InChI is InChI=1S/C26H22Cl2N2O.C21H17Cl2NO2.C21H19Cl2NO.C21H17Cl2NO.C12H16Cl2N2O.C7H5Cl2NO2/c27-22-15-21(26(31)24-13-7-8-14-29-24)16-23(28)25(22)30(17-19-9-3-1-4-10-19)18-20-11-5-2-6-12-20;22-18-11-17(21(25)26)12-19(23)20(18)24(13-15-7-3-1-4-8-15)14-16-9-5-2-6-10-16;2*22-19-11-18(15-25)12-20(23)21(19)24(13-16-7-3-1-4-8-16)14-17-9-5-2-6-10-17;13-8-5-7(6-9(14)11(8)15)12(17)10-3-1-2-4-16-10;8-4-1-3(7(11)12)2-5(9)6(4)10/h1-16,26,31H,17-18H2;1-12H,13-14H2,(H,25,26);1-12,25H,13-15H2;1-12,15H,13-14H2;5-6,10,12,16-17H,1-4,15H2;1-2H,10H2,(H,11,12). The Morgan fingerprint density at radius 1 is 0.346 bits per heavy atom. The van der Waals surface area contributed by atoms with Gasteiger partial charge < -0.3 is 61.9 Å². The van der Waals surface area contributed by atoms with Crippen molar-refractivity contribution in [3.63, 3.8) is 0 Å². The van der Waals surface area contributed by atoms with E-state index in [4.69, 9.17) is 156 Å². The molecule has 136 heavy (non-hydrogen) atoms. The van der Waals surface area contributed by atoms with E-state index >= 15 is 0 Å². The number of hydrogen-bond donors (Lipinski definition) is 8. The van der Waals surface area contributed by atoms with Crippen molar-refractivity contribution in [2.24, 2.45) is 0 Å². The quantitative estimate of drug-likeness (QED) is 0.0168. The maximum atomic E-state index is 11.2. The van der Waals surface area contributed by atoms with Crippen molar-refractivity contribution in [2.75, 3.05) is 37.6 Å². The van der Waals surface area contributed by atoms with Crippen LogP contribution in [-0.2, 0) is 59.0 Å². The Morgan fingerprint density at radius 3 is 0.860 bits per heavy atom. The SMILES string of the molecule is Nc1c(Cl)cc(C(=O)O)cc1Cl.Nc1c(Cl)cc(C(O)C2CCCCN2)cc1Cl.O=C(O)c1cc(Cl)c(N(Cc2ccccc2)Cc2ccccc2)c(Cl)c1.O=Cc1cc(Cl)c(N(Cc2ccccc2)Cc2ccccc2)c(Cl)c1.OC(c1cc(Cl)c(N(Cc2ccccc2)Cc2ccccc2)c(Cl)c1)c1ccccn1.OCc1cc(Cl)c(N(Cc2ccccc2)Cc2ccccc2)c(Cl)c1. The van der Waals surface area contributed by atoms with Crippen molar-refractivity contribution >= 4 is 192 Å². The maximum absolute atomic E-state index is 11.2. The number of pyridine rings is 1. The molecule has 0 spiro atoms. The number of benzene rings is 14. The van der Waals surface area contributed by atoms with Crippen LogP contribution in [0.5, 0.6) is 0 Å². The average Bonchev–Trinajstić information content (AvgIpc) is 0.830. The number of aliphatic hydroxyl groups excluding tert-OH is 3. The van der Waals surface area contributed by atoms with Gasteiger partial charge in [-0.1, -0.05) is 394 Å². The van der Waals surface area contributed by atoms with Gasteiger partial charge in [0.2, 0.25) is 0 Å². The molecule has 1 saturated heterocycles. The molecule has 1 aliphatic heterocycles. The first-order chi connectivity index (χ1) is 65.6. The van der Waals surface area contributed by atoms with Crippen molar-refractivity contribution in [3.8, 4) is 0 Å². The summed E-state index contributed by atoms with van der Waals surface area (Å²) in [6.07, 6.45) is 4.16. The third-order valence-electron chi connectivity index (χ3n) is 21.5. The van der Waals surface area contributed by atoms with E-state index in [-0.39, 0.29) is 39.5 Å². The van der Waals surface area contributed by atoms with Crippen molar-refractivity contribution in [1.82, 2.24) is 10.3 Å². The van der Waals surface area contributed by atoms with E-state index in [1.807, 2.05) is 182 Å². The lowest BCUT2D eigenvalue weighted by molar-refractivity contribution is 0.0686. The normalized spacial score (nSPS) is 12.3. The van der Waals surface area contributed by atoms with Crippen LogP contribution in [0.2, 0.25) is 60.3 Å². The molecule has 3 atom stereocenters. The molecule has 1 aromatic heterocycles. The van der Waals surface area contributed by atoms with Crippen molar-refractivity contribution < 1.29 is 39.9 Å². The lowest BCUT2D eigenvalue weighted by Crippen LogP contribution is -2.38. The number of carbonyl (C=O) groups excluding carboxylic acids is 1. The van der Waals surface area contributed by atoms with Crippen LogP contribution in [0.4, 0.5) is 34.1 Å². The van der Waals surface area contributed by atoms with Crippen molar-refractivity contribution in [3.05, 3.63) is 484 Å². The summed E-state index contributed by atoms with van der Waals surface area (Å²) < 4.78 is 0. The second-order valence-corrected chi connectivity index (χ2v) is 36.4. The Kier molecular flexibility index (Phi) is 41.6. The largest absolute Gasteiger partial charge is 0.478 e. The Bertz CT molecular complexity index is 6060. The summed E-state index contributed by atoms with van der Waals surface area (Å²) >= 11 is 75.3. The molecular weight excluding hydrogens is 1960 g/mol. The van der Waals surface area contributed by atoms with Crippen LogP contribution in [0, 0.1) is 0 Å². The molecule has 700 valence electrons. The number of anilines is 6. The summed E-state index contributed by atoms with van der Waals surface area (Å²) in [5.41, 5.74) is 26.9. The molecule has 0 saturated carbocycles. The minimum atomic E-state index is -1.08. The molecule has 28 heteroatoms. The number of rotatable bonds is 28. The number of carbonyl (C=O) groups is 3. The smallest absolute Gasteiger partial charge is 0.335 e. The van der Waals surface area contributed by atoms with Crippen molar-refractivity contribution in [1.29, 1.82) is 0 Å². The van der Waals surface area contributed by atoms with Gasteiger partial charge in [-0.3, -0.25) is 9.78 Å². The second-order valence-electron chi connectivity index (χ2n) is 31.5. The number of halogens is 12. The molecule has 16 nitrogen and oxygen atoms in total. The van der Waals surface area contributed by atoms with Gasteiger partial charge in [0.1, 0.15) is 12.4 Å². The second kappa shape index (κ2) is 53.6. The number of aromatic carboxylic acids is 2. The highest BCUT2D eigenvalue weighted by atomic mass is 35.5. The number of carboxylic acid groups (broad SMARTS) is 2. The number of piperidine rings is 1. The summed E-state index contributed by atoms with van der Waals surface area (Å²) in [6, 6.07) is 106. The number of aromatic nitrogens is 1. The van der Waals surface area contributed by atoms with Gasteiger partial charge in [-0.25, -0.2) is 9.59 Å². The monoisotopic (exact) mass is 2050 g/mol. The average molecular weight is 2060 g/mol. The number of nitrogens with one attached hydrogen (secondary N) is 1. The highest BCUT2D eigenvalue weighted by Crippen LogP contribution is 2.44. The Labute approximate surface area is 852 Å². The van der Waals surface area contributed by atoms with E-state index in [2.05, 4.69) is 103 Å². The van der Waals surface area contributed by atoms with Gasteiger partial charge in [0.15, 0.2) is 0 Å². The number of aliphatic hydroxyl groups is 3. The van der Waals surface area contributed by atoms with Crippen LogP contribution in [0.15, 0.2) is 340 Å². The topological polar surface area (TPSA) is 242 Å². The number of nitrogens with two attached hydrogens (primary N) is 2. The van der Waals surface area contributed by atoms with E-state index in [0.717, 1.165) is 82.5 Å². The molecule has 0 aliphatic carbocycles. The van der Waals surface area contributed by atoms with Crippen LogP contribution in [0.25, 0.3) is 0 Å². The first-order valence-corrected chi connectivity index (χ1v) is 47.4. The number of nitrogens with zero attached hydrogens (tertiary/aromatic N) is 5. The summed E-state index contributed by atoms with van der Waals surface area (Å²) in [6.45, 7) is 6.06. The van der Waals surface area contributed by atoms with Gasteiger partial charge in [-0.05, 0) is 166 Å². The Hall–Kier alpha value is -11.0. The predicted molar refractivity (Wildman–Crippen MR) is 563 cm³/mol. The van der Waals surface area contributed by atoms with E-state index in [9.17, 15) is 34.8 Å². The maximum Gasteiger partial charge on any atom is 0.335 e. The predicted octanol–water partition coefficient (Wildman–Crippen LogP) is 29.3. The highest BCUT2D eigenvalue weighted by Gasteiger charge is 2.27. The minimum absolute atomic E-state index is 0.0270. The summed E-state index contributed by atoms with van der Waals surface area (Å²) in [7, 11) is 0. The molecule has 10 N–H and O–H groups in total. The molecule has 0 radical (unpaired) electrons. The number of carboxylic acids is 2. The molecule has 1 aliphatic rings. The lowest BCUT2D eigenvalue weighted by atomic mass is 9.95. The first kappa shape index (κ1) is 105. The van der Waals surface area contributed by atoms with Crippen LogP contribution in [0.1, 0.15) is 129 Å². The first-order valence-electron chi connectivity index (χ1n) is 42.9. The van der Waals surface area contributed by atoms with Crippen LogP contribution < -0.4 is 36.4 Å². The van der Waals surface area contributed by atoms with E-state index in [1.165, 1.54) is 35.4 Å². The highest BCUT2D eigenvalue weighted by molar-refractivity contribution is 6.42. The molecular formula is C108H96Cl12N8O8. The number of aldehydes is 1. The van der Waals surface area contributed by atoms with E-state index in [1.54, 1.807) is 60.8 Å². The Morgan fingerprint density at radius 2 is 0.603 bits per heavy atom. The lowest BCUT2D eigenvalue weighted by Gasteiger charge is -2.28. The zero-order chi connectivity index (χ0) is 97.2. The molecule has 0 amide bonds. The van der Waals surface area contributed by atoms with Crippen LogP contribution >= 0.6 is 139 Å². The van der Waals surface area contributed by atoms with Crippen LogP contribution in [0.3, 0.4) is 0 Å². The van der Waals surface area contributed by atoms with Gasteiger partial charge in [0.05, 0.1) is 124 Å². The van der Waals surface area contributed by atoms with Gasteiger partial charge in [-0.15, -0.1) is 0 Å². The molecule has 1 fully saturated rings. The number of hydrogen-bond acceptors (Lipinski definition) is 14. The summed E-state index contributed by atoms with van der Waals surface area (Å²) in [5.74, 6) is -2.14. The molecule has 0 bridgehead atoms. The number of nitrogen functional groups attached to an aromatic ring is 2. The third-order valence-corrected chi connectivity index (χ3v) is 25.1. The Balaban J connectivity index is 0.000000160. The third kappa shape index (κ3) is 31.5. The zero-order valence-corrected chi connectivity index (χ0v) is 82.3. The fourth-order valence-electron chi connectivity index (χ4n) is 14.9. The molecule has 14 aromatic carbocycles. The van der Waals surface area contributed by atoms with Gasteiger partial charge in [-0.2, -0.15) is 0 Å². The summed E-state index contributed by atoms with van der Waals surface area (Å²) in [4.78, 5) is 45.5. The minimum Gasteiger partial charge on any atom is -0.478 e. The van der Waals surface area contributed by atoms with Crippen LogP contribution in [-0.4, -0.2) is 61.3 Å². The molecule has 2 heterocycles. The molecule has 16 rings (SSSR count). The fraction of sp³-hybridized carbons (Fsp3) is 0.148. The van der Waals surface area contributed by atoms with Gasteiger partial charge in [0, 0.05) is 70.2 Å². The zero-order valence-electron chi connectivity index (χ0n) is 73.2.